The predicted octanol–water partition coefficient (Wildman–Crippen LogP) is 4.12. The predicted molar refractivity (Wildman–Crippen MR) is 142 cm³/mol. The largest absolute Gasteiger partial charge is 0.493 e. The summed E-state index contributed by atoms with van der Waals surface area (Å²) >= 11 is 0. The van der Waals surface area contributed by atoms with Crippen molar-refractivity contribution in [2.45, 2.75) is 13.3 Å². The van der Waals surface area contributed by atoms with Crippen LogP contribution >= 0.6 is 0 Å². The Morgan fingerprint density at radius 1 is 0.892 bits per heavy atom. The number of nitrogens with one attached hydrogen (secondary N) is 2. The number of amides is 2. The fourth-order valence-electron chi connectivity index (χ4n) is 3.86. The molecule has 0 atom stereocenters. The average Bonchev–Trinajstić information content (AvgIpc) is 2.89. The monoisotopic (exact) mass is 501 g/mol. The molecule has 0 saturated heterocycles. The molecule has 1 heterocycles. The van der Waals surface area contributed by atoms with Crippen molar-refractivity contribution in [2.24, 2.45) is 5.73 Å². The molecule has 0 aliphatic heterocycles. The fraction of sp³-hybridized carbons (Fsp3) is 0.179. The number of ether oxygens (including phenoxy) is 2. The van der Waals surface area contributed by atoms with Gasteiger partial charge in [0.25, 0.3) is 11.8 Å². The molecule has 0 bridgehead atoms. The zero-order valence-electron chi connectivity index (χ0n) is 20.7. The maximum atomic E-state index is 13.2. The van der Waals surface area contributed by atoms with Crippen molar-refractivity contribution in [3.8, 4) is 11.5 Å². The molecule has 4 N–H and O–H groups in total. The van der Waals surface area contributed by atoms with E-state index in [-0.39, 0.29) is 28.0 Å². The third kappa shape index (κ3) is 5.62. The van der Waals surface area contributed by atoms with Crippen molar-refractivity contribution in [3.05, 3.63) is 93.3 Å². The number of methoxy groups -OCH3 is 2. The summed E-state index contributed by atoms with van der Waals surface area (Å²) in [5.41, 5.74) is 8.30. The van der Waals surface area contributed by atoms with E-state index in [1.165, 1.54) is 26.4 Å². The zero-order valence-corrected chi connectivity index (χ0v) is 20.7. The molecule has 0 radical (unpaired) electrons. The highest BCUT2D eigenvalue weighted by atomic mass is 16.5. The van der Waals surface area contributed by atoms with Crippen molar-refractivity contribution in [3.63, 3.8) is 0 Å². The van der Waals surface area contributed by atoms with Crippen LogP contribution < -0.4 is 31.3 Å². The molecule has 0 aliphatic carbocycles. The number of carbonyl (C=O) groups is 2. The number of aryl methyl sites for hydroxylation is 1. The van der Waals surface area contributed by atoms with Gasteiger partial charge in [-0.25, -0.2) is 0 Å². The van der Waals surface area contributed by atoms with Crippen molar-refractivity contribution < 1.29 is 23.5 Å². The normalized spacial score (nSPS) is 10.7. The van der Waals surface area contributed by atoms with Crippen LogP contribution in [0.1, 0.15) is 32.0 Å². The van der Waals surface area contributed by atoms with Crippen LogP contribution in [0.25, 0.3) is 11.0 Å². The highest BCUT2D eigenvalue weighted by Gasteiger charge is 2.21. The van der Waals surface area contributed by atoms with Gasteiger partial charge in [0.05, 0.1) is 30.9 Å². The molecule has 37 heavy (non-hydrogen) atoms. The number of hydrogen-bond acceptors (Lipinski definition) is 7. The summed E-state index contributed by atoms with van der Waals surface area (Å²) in [6.07, 6.45) is 0.727. The van der Waals surface area contributed by atoms with Gasteiger partial charge >= 0.3 is 0 Å². The molecule has 3 aromatic carbocycles. The maximum Gasteiger partial charge on any atom is 0.291 e. The van der Waals surface area contributed by atoms with Crippen LogP contribution in [0.5, 0.6) is 11.5 Å². The quantitative estimate of drug-likeness (QED) is 0.331. The average molecular weight is 502 g/mol. The van der Waals surface area contributed by atoms with Crippen LogP contribution in [-0.2, 0) is 6.42 Å². The lowest BCUT2D eigenvalue weighted by molar-refractivity contribution is 0.0997. The zero-order chi connectivity index (χ0) is 26.5. The topological polar surface area (TPSA) is 133 Å². The smallest absolute Gasteiger partial charge is 0.291 e. The van der Waals surface area contributed by atoms with Crippen molar-refractivity contribution in [2.75, 3.05) is 31.4 Å². The number of benzene rings is 3. The van der Waals surface area contributed by atoms with E-state index in [4.69, 9.17) is 19.6 Å². The maximum absolute atomic E-state index is 13.2. The van der Waals surface area contributed by atoms with Crippen molar-refractivity contribution >= 4 is 34.2 Å². The van der Waals surface area contributed by atoms with Crippen LogP contribution in [0, 0.1) is 6.92 Å². The summed E-state index contributed by atoms with van der Waals surface area (Å²) in [7, 11) is 2.88. The second kappa shape index (κ2) is 11.0. The van der Waals surface area contributed by atoms with Crippen LogP contribution in [-0.4, -0.2) is 32.6 Å². The Bertz CT molecular complexity index is 1530. The van der Waals surface area contributed by atoms with E-state index >= 15 is 0 Å². The van der Waals surface area contributed by atoms with Gasteiger partial charge in [-0.3, -0.25) is 14.4 Å². The summed E-state index contributed by atoms with van der Waals surface area (Å²) in [5, 5.41) is 5.86. The van der Waals surface area contributed by atoms with Crippen LogP contribution in [0.4, 0.5) is 11.4 Å². The molecule has 0 fully saturated rings. The first kappa shape index (κ1) is 25.5. The summed E-state index contributed by atoms with van der Waals surface area (Å²) in [5.74, 6) is -0.782. The number of anilines is 2. The van der Waals surface area contributed by atoms with E-state index in [0.717, 1.165) is 23.6 Å². The first-order valence-electron chi connectivity index (χ1n) is 11.5. The Labute approximate surface area is 213 Å². The molecule has 0 saturated carbocycles. The molecule has 0 aliphatic rings. The van der Waals surface area contributed by atoms with E-state index in [1.807, 2.05) is 19.1 Å². The van der Waals surface area contributed by atoms with Gasteiger partial charge in [-0.2, -0.15) is 0 Å². The highest BCUT2D eigenvalue weighted by molar-refractivity contribution is 6.12. The molecular weight excluding hydrogens is 474 g/mol. The molecule has 4 aromatic rings. The number of fused-ring (bicyclic) bond motifs is 1. The van der Waals surface area contributed by atoms with Crippen molar-refractivity contribution in [1.29, 1.82) is 0 Å². The molecule has 190 valence electrons. The van der Waals surface area contributed by atoms with E-state index in [0.29, 0.717) is 29.1 Å². The van der Waals surface area contributed by atoms with E-state index in [1.54, 1.807) is 30.3 Å². The number of hydrogen-bond donors (Lipinski definition) is 3. The van der Waals surface area contributed by atoms with Gasteiger partial charge in [0.2, 0.25) is 0 Å². The fourth-order valence-corrected chi connectivity index (χ4v) is 3.86. The minimum atomic E-state index is -0.702. The Kier molecular flexibility index (Phi) is 7.55. The summed E-state index contributed by atoms with van der Waals surface area (Å²) in [6, 6.07) is 16.5. The Morgan fingerprint density at radius 3 is 2.27 bits per heavy atom. The lowest BCUT2D eigenvalue weighted by Crippen LogP contribution is -2.20. The van der Waals surface area contributed by atoms with Gasteiger partial charge in [-0.1, -0.05) is 23.8 Å². The summed E-state index contributed by atoms with van der Waals surface area (Å²) in [4.78, 5) is 38.9. The summed E-state index contributed by atoms with van der Waals surface area (Å²) < 4.78 is 16.4. The molecule has 1 aromatic heterocycles. The Balaban J connectivity index is 1.67. The summed E-state index contributed by atoms with van der Waals surface area (Å²) in [6.45, 7) is 2.38. The minimum Gasteiger partial charge on any atom is -0.493 e. The molecular formula is C28H27N3O6. The Morgan fingerprint density at radius 2 is 1.59 bits per heavy atom. The van der Waals surface area contributed by atoms with Gasteiger partial charge in [0.1, 0.15) is 5.58 Å². The lowest BCUT2D eigenvalue weighted by Gasteiger charge is -2.16. The molecule has 9 heteroatoms. The van der Waals surface area contributed by atoms with E-state index < -0.39 is 11.8 Å². The van der Waals surface area contributed by atoms with Crippen LogP contribution in [0.3, 0.4) is 0 Å². The van der Waals surface area contributed by atoms with Crippen LogP contribution in [0.15, 0.2) is 69.9 Å². The molecule has 4 rings (SSSR count). The SMILES string of the molecule is COc1cc(NC(=O)c2cc(=O)c3cc(C)ccc3o2)c(C(=O)Nc2ccc(CCN)cc2)cc1OC. The van der Waals surface area contributed by atoms with Crippen LogP contribution in [0.2, 0.25) is 0 Å². The molecule has 2 amide bonds. The third-order valence-electron chi connectivity index (χ3n) is 5.77. The van der Waals surface area contributed by atoms with Crippen molar-refractivity contribution in [1.82, 2.24) is 0 Å². The lowest BCUT2D eigenvalue weighted by atomic mass is 10.1. The number of rotatable bonds is 8. The van der Waals surface area contributed by atoms with Gasteiger partial charge in [0.15, 0.2) is 22.7 Å². The molecule has 9 nitrogen and oxygen atoms in total. The van der Waals surface area contributed by atoms with Gasteiger partial charge < -0.3 is 30.3 Å². The van der Waals surface area contributed by atoms with Gasteiger partial charge in [-0.15, -0.1) is 0 Å². The first-order chi connectivity index (χ1) is 17.8. The Hall–Kier alpha value is -4.63. The van der Waals surface area contributed by atoms with E-state index in [9.17, 15) is 14.4 Å². The van der Waals surface area contributed by atoms with E-state index in [2.05, 4.69) is 10.6 Å². The molecule has 0 spiro atoms. The highest BCUT2D eigenvalue weighted by Crippen LogP contribution is 2.34. The molecule has 0 unspecified atom stereocenters. The third-order valence-corrected chi connectivity index (χ3v) is 5.77. The van der Waals surface area contributed by atoms with Gasteiger partial charge in [-0.05, 0) is 55.8 Å². The standard InChI is InChI=1S/C28H27N3O6/c1-16-4-9-23-20(12-16)22(32)15-26(37-23)28(34)31-21-14-25(36-3)24(35-2)13-19(21)27(33)30-18-7-5-17(6-8-18)10-11-29/h4-9,12-15H,10-11,29H2,1-3H3,(H,30,33)(H,31,34). The second-order valence-corrected chi connectivity index (χ2v) is 8.37. The first-order valence-corrected chi connectivity index (χ1v) is 11.5. The second-order valence-electron chi connectivity index (χ2n) is 8.37. The minimum absolute atomic E-state index is 0.121. The number of nitrogens with two attached hydrogens (primary N) is 1. The number of carbonyl (C=O) groups excluding carboxylic acids is 2. The van der Waals surface area contributed by atoms with Gasteiger partial charge in [0, 0.05) is 17.8 Å².